The second-order valence-electron chi connectivity index (χ2n) is 6.05. The Morgan fingerprint density at radius 2 is 1.46 bits per heavy atom. The van der Waals surface area contributed by atoms with E-state index in [9.17, 15) is 0 Å². The Hall–Kier alpha value is -2.09. The van der Waals surface area contributed by atoms with E-state index in [1.165, 1.54) is 23.1 Å². The van der Waals surface area contributed by atoms with Crippen LogP contribution in [0.4, 0.5) is 0 Å². The van der Waals surface area contributed by atoms with Gasteiger partial charge >= 0.3 is 0 Å². The molecule has 2 heteroatoms. The van der Waals surface area contributed by atoms with Crippen molar-refractivity contribution in [3.05, 3.63) is 95.0 Å². The van der Waals surface area contributed by atoms with E-state index in [-0.39, 0.29) is 0 Å². The predicted molar refractivity (Wildman–Crippen MR) is 102 cm³/mol. The van der Waals surface area contributed by atoms with Gasteiger partial charge in [0.05, 0.1) is 6.54 Å². The van der Waals surface area contributed by atoms with E-state index in [2.05, 4.69) is 66.0 Å². The number of quaternary nitrogens is 1. The second-order valence-corrected chi connectivity index (χ2v) is 6.46. The highest BCUT2D eigenvalue weighted by atomic mass is 35.5. The Morgan fingerprint density at radius 1 is 0.750 bits per heavy atom. The van der Waals surface area contributed by atoms with Gasteiger partial charge in [0.15, 0.2) is 0 Å². The minimum absolute atomic E-state index is 0.830. The standard InChI is InChI=1S/C22H22ClN/c23-22-16-19(13-14-21(22)20-11-5-2-6-12-20)17-24-15-7-10-18-8-3-1-4-9-18/h1-6,8-9,11-14,16,24H,7,10,15,17H2/p+1. The molecule has 3 aromatic rings. The van der Waals surface area contributed by atoms with E-state index in [0.29, 0.717) is 0 Å². The number of hydrogen-bond donors (Lipinski definition) is 1. The number of rotatable bonds is 7. The van der Waals surface area contributed by atoms with Crippen molar-refractivity contribution in [2.45, 2.75) is 19.4 Å². The summed E-state index contributed by atoms with van der Waals surface area (Å²) in [5.41, 5.74) is 4.96. The third-order valence-corrected chi connectivity index (χ3v) is 4.53. The van der Waals surface area contributed by atoms with Gasteiger partial charge in [-0.15, -0.1) is 0 Å². The van der Waals surface area contributed by atoms with E-state index in [4.69, 9.17) is 11.6 Å². The molecule has 2 N–H and O–H groups in total. The Labute approximate surface area is 149 Å². The van der Waals surface area contributed by atoms with E-state index in [0.717, 1.165) is 30.1 Å². The molecule has 0 unspecified atom stereocenters. The molecule has 24 heavy (non-hydrogen) atoms. The first-order valence-electron chi connectivity index (χ1n) is 8.52. The molecule has 3 rings (SSSR count). The van der Waals surface area contributed by atoms with Crippen molar-refractivity contribution in [3.8, 4) is 11.1 Å². The third-order valence-electron chi connectivity index (χ3n) is 4.21. The summed E-state index contributed by atoms with van der Waals surface area (Å²) >= 11 is 6.47. The lowest BCUT2D eigenvalue weighted by molar-refractivity contribution is -0.670. The van der Waals surface area contributed by atoms with Gasteiger partial charge in [0.25, 0.3) is 0 Å². The molecule has 0 atom stereocenters. The summed E-state index contributed by atoms with van der Waals surface area (Å²) in [7, 11) is 0. The molecule has 122 valence electrons. The molecule has 0 bridgehead atoms. The molecule has 0 radical (unpaired) electrons. The van der Waals surface area contributed by atoms with Crippen LogP contribution in [0.5, 0.6) is 0 Å². The van der Waals surface area contributed by atoms with Crippen molar-refractivity contribution in [2.75, 3.05) is 6.54 Å². The zero-order valence-electron chi connectivity index (χ0n) is 13.8. The number of aryl methyl sites for hydroxylation is 1. The first-order valence-corrected chi connectivity index (χ1v) is 8.90. The summed E-state index contributed by atoms with van der Waals surface area (Å²) in [6.07, 6.45) is 2.34. The molecule has 0 aliphatic rings. The van der Waals surface area contributed by atoms with E-state index in [1.54, 1.807) is 0 Å². The molecule has 1 nitrogen and oxygen atoms in total. The molecule has 0 fully saturated rings. The highest BCUT2D eigenvalue weighted by molar-refractivity contribution is 6.33. The van der Waals surface area contributed by atoms with Crippen LogP contribution in [0.2, 0.25) is 5.02 Å². The van der Waals surface area contributed by atoms with Gasteiger partial charge in [-0.05, 0) is 23.6 Å². The summed E-state index contributed by atoms with van der Waals surface area (Å²) in [5, 5.41) is 3.19. The molecular weight excluding hydrogens is 314 g/mol. The molecule has 0 amide bonds. The van der Waals surface area contributed by atoms with E-state index in [1.807, 2.05) is 18.2 Å². The maximum Gasteiger partial charge on any atom is 0.101 e. The number of nitrogens with two attached hydrogens (primary N) is 1. The Bertz CT molecular complexity index is 753. The van der Waals surface area contributed by atoms with Crippen molar-refractivity contribution in [2.24, 2.45) is 0 Å². The van der Waals surface area contributed by atoms with Crippen molar-refractivity contribution in [3.63, 3.8) is 0 Å². The van der Waals surface area contributed by atoms with Gasteiger partial charge in [-0.1, -0.05) is 84.4 Å². The van der Waals surface area contributed by atoms with Crippen molar-refractivity contribution < 1.29 is 5.32 Å². The van der Waals surface area contributed by atoms with Crippen LogP contribution in [-0.2, 0) is 13.0 Å². The lowest BCUT2D eigenvalue weighted by Gasteiger charge is -2.07. The molecule has 0 saturated carbocycles. The molecule has 0 heterocycles. The van der Waals surface area contributed by atoms with Gasteiger partial charge in [0, 0.05) is 22.6 Å². The Balaban J connectivity index is 1.49. The molecule has 0 aliphatic heterocycles. The zero-order valence-corrected chi connectivity index (χ0v) is 14.5. The summed E-state index contributed by atoms with van der Waals surface area (Å²) in [6.45, 7) is 2.11. The van der Waals surface area contributed by atoms with Gasteiger partial charge in [-0.3, -0.25) is 0 Å². The second kappa shape index (κ2) is 8.68. The van der Waals surface area contributed by atoms with Gasteiger partial charge in [0.1, 0.15) is 6.54 Å². The molecule has 0 spiro atoms. The minimum atomic E-state index is 0.830. The van der Waals surface area contributed by atoms with Gasteiger partial charge in [0.2, 0.25) is 0 Å². The fourth-order valence-electron chi connectivity index (χ4n) is 2.90. The fraction of sp³-hybridized carbons (Fsp3) is 0.182. The molecule has 0 aromatic heterocycles. The topological polar surface area (TPSA) is 16.6 Å². The summed E-state index contributed by atoms with van der Waals surface area (Å²) in [4.78, 5) is 0. The highest BCUT2D eigenvalue weighted by Gasteiger charge is 2.05. The minimum Gasteiger partial charge on any atom is -0.342 e. The van der Waals surface area contributed by atoms with Gasteiger partial charge < -0.3 is 5.32 Å². The Morgan fingerprint density at radius 3 is 2.17 bits per heavy atom. The third kappa shape index (κ3) is 4.70. The molecule has 0 aliphatic carbocycles. The lowest BCUT2D eigenvalue weighted by Crippen LogP contribution is -2.82. The summed E-state index contributed by atoms with van der Waals surface area (Å²) in [6, 6.07) is 27.4. The van der Waals surface area contributed by atoms with Crippen LogP contribution in [-0.4, -0.2) is 6.54 Å². The molecule has 3 aromatic carbocycles. The molecular formula is C22H23ClN+. The summed E-state index contributed by atoms with van der Waals surface area (Å²) < 4.78 is 0. The van der Waals surface area contributed by atoms with Crippen LogP contribution in [0.25, 0.3) is 11.1 Å². The van der Waals surface area contributed by atoms with Gasteiger partial charge in [-0.2, -0.15) is 0 Å². The fourth-order valence-corrected chi connectivity index (χ4v) is 3.21. The molecule has 0 saturated heterocycles. The maximum atomic E-state index is 6.47. The van der Waals surface area contributed by atoms with Crippen molar-refractivity contribution >= 4 is 11.6 Å². The average Bonchev–Trinajstić information content (AvgIpc) is 2.63. The van der Waals surface area contributed by atoms with Crippen molar-refractivity contribution in [1.82, 2.24) is 0 Å². The van der Waals surface area contributed by atoms with Crippen LogP contribution in [0.1, 0.15) is 17.5 Å². The quantitative estimate of drug-likeness (QED) is 0.602. The van der Waals surface area contributed by atoms with E-state index >= 15 is 0 Å². The maximum absolute atomic E-state index is 6.47. The highest BCUT2D eigenvalue weighted by Crippen LogP contribution is 2.28. The average molecular weight is 337 g/mol. The first-order chi connectivity index (χ1) is 11.8. The smallest absolute Gasteiger partial charge is 0.101 e. The number of hydrogen-bond acceptors (Lipinski definition) is 0. The normalized spacial score (nSPS) is 10.7. The van der Waals surface area contributed by atoms with E-state index < -0.39 is 0 Å². The predicted octanol–water partition coefficient (Wildman–Crippen LogP) is 4.70. The van der Waals surface area contributed by atoms with Crippen LogP contribution in [0, 0.1) is 0 Å². The van der Waals surface area contributed by atoms with Gasteiger partial charge in [-0.25, -0.2) is 0 Å². The SMILES string of the molecule is Clc1cc(C[NH2+]CCCc2ccccc2)ccc1-c1ccccc1. The van der Waals surface area contributed by atoms with Crippen LogP contribution in [0.15, 0.2) is 78.9 Å². The monoisotopic (exact) mass is 336 g/mol. The Kier molecular flexibility index (Phi) is 6.06. The zero-order chi connectivity index (χ0) is 16.6. The first kappa shape index (κ1) is 16.8. The van der Waals surface area contributed by atoms with Crippen LogP contribution < -0.4 is 5.32 Å². The largest absolute Gasteiger partial charge is 0.342 e. The van der Waals surface area contributed by atoms with Crippen molar-refractivity contribution in [1.29, 1.82) is 0 Å². The van der Waals surface area contributed by atoms with Crippen LogP contribution in [0.3, 0.4) is 0 Å². The summed E-state index contributed by atoms with van der Waals surface area (Å²) in [5.74, 6) is 0. The van der Waals surface area contributed by atoms with Crippen LogP contribution >= 0.6 is 11.6 Å². The number of halogens is 1. The number of benzene rings is 3. The lowest BCUT2D eigenvalue weighted by atomic mass is 10.0.